The van der Waals surface area contributed by atoms with Crippen LogP contribution in [0, 0.1) is 31.4 Å². The zero-order valence-electron chi connectivity index (χ0n) is 17.5. The van der Waals surface area contributed by atoms with Crippen LogP contribution in [0.5, 0.6) is 0 Å². The normalized spacial score (nSPS) is 15.5. The third kappa shape index (κ3) is 5.86. The van der Waals surface area contributed by atoms with Crippen molar-refractivity contribution in [2.75, 3.05) is 20.1 Å². The molecule has 2 aromatic carbocycles. The number of halogens is 2. The van der Waals surface area contributed by atoms with Crippen LogP contribution in [0.2, 0.25) is 0 Å². The van der Waals surface area contributed by atoms with E-state index < -0.39 is 0 Å². The monoisotopic (exact) mass is 400 g/mol. The smallest absolute Gasteiger partial charge is 0.223 e. The minimum Gasteiger partial charge on any atom is -0.334 e. The molecule has 5 heteroatoms. The Labute approximate surface area is 172 Å². The third-order valence-corrected chi connectivity index (χ3v) is 5.99. The first-order valence-electron chi connectivity index (χ1n) is 10.3. The van der Waals surface area contributed by atoms with Crippen molar-refractivity contribution < 1.29 is 13.6 Å². The van der Waals surface area contributed by atoms with Crippen LogP contribution in [-0.4, -0.2) is 35.8 Å². The molecule has 0 spiro atoms. The van der Waals surface area contributed by atoms with E-state index in [1.54, 1.807) is 12.1 Å². The van der Waals surface area contributed by atoms with Gasteiger partial charge in [-0.2, -0.15) is 0 Å². The Kier molecular flexibility index (Phi) is 7.01. The zero-order valence-corrected chi connectivity index (χ0v) is 17.5. The molecule has 1 amide bonds. The van der Waals surface area contributed by atoms with Gasteiger partial charge in [-0.1, -0.05) is 12.1 Å². The van der Waals surface area contributed by atoms with Crippen molar-refractivity contribution in [1.82, 2.24) is 9.80 Å². The molecule has 0 radical (unpaired) electrons. The first-order valence-corrected chi connectivity index (χ1v) is 10.3. The number of carbonyl (C=O) groups excluding carboxylic acids is 1. The van der Waals surface area contributed by atoms with E-state index in [1.807, 2.05) is 18.7 Å². The van der Waals surface area contributed by atoms with Gasteiger partial charge in [0, 0.05) is 19.5 Å². The van der Waals surface area contributed by atoms with Crippen LogP contribution in [-0.2, 0) is 17.9 Å². The molecule has 3 nitrogen and oxygen atoms in total. The van der Waals surface area contributed by atoms with E-state index in [-0.39, 0.29) is 17.5 Å². The fourth-order valence-electron chi connectivity index (χ4n) is 3.96. The molecular weight excluding hydrogens is 370 g/mol. The summed E-state index contributed by atoms with van der Waals surface area (Å²) in [7, 11) is 2.11. The second kappa shape index (κ2) is 9.49. The number of piperidine rings is 1. The van der Waals surface area contributed by atoms with Crippen LogP contribution in [0.25, 0.3) is 0 Å². The predicted molar refractivity (Wildman–Crippen MR) is 111 cm³/mol. The SMILES string of the molecule is Cc1cc(F)ccc1CN(Cc1ccc(F)cc1C)C(=O)CC1CCN(C)CC1. The summed E-state index contributed by atoms with van der Waals surface area (Å²) >= 11 is 0. The molecule has 0 bridgehead atoms. The summed E-state index contributed by atoms with van der Waals surface area (Å²) in [5, 5.41) is 0. The minimum absolute atomic E-state index is 0.104. The van der Waals surface area contributed by atoms with Crippen molar-refractivity contribution in [1.29, 1.82) is 0 Å². The van der Waals surface area contributed by atoms with Crippen LogP contribution < -0.4 is 0 Å². The number of aryl methyl sites for hydroxylation is 2. The van der Waals surface area contributed by atoms with Gasteiger partial charge in [0.2, 0.25) is 5.91 Å². The molecule has 3 rings (SSSR count). The lowest BCUT2D eigenvalue weighted by Crippen LogP contribution is -2.35. The van der Waals surface area contributed by atoms with Gasteiger partial charge in [0.15, 0.2) is 0 Å². The molecule has 1 saturated heterocycles. The lowest BCUT2D eigenvalue weighted by molar-refractivity contribution is -0.133. The second-order valence-corrected chi connectivity index (χ2v) is 8.34. The Balaban J connectivity index is 1.78. The summed E-state index contributed by atoms with van der Waals surface area (Å²) in [5.74, 6) is -0.0495. The molecule has 156 valence electrons. The van der Waals surface area contributed by atoms with E-state index >= 15 is 0 Å². The number of nitrogens with zero attached hydrogens (tertiary/aromatic N) is 2. The van der Waals surface area contributed by atoms with Gasteiger partial charge in [-0.15, -0.1) is 0 Å². The van der Waals surface area contributed by atoms with E-state index in [0.29, 0.717) is 25.4 Å². The fourth-order valence-corrected chi connectivity index (χ4v) is 3.96. The highest BCUT2D eigenvalue weighted by atomic mass is 19.1. The Morgan fingerprint density at radius 3 is 1.90 bits per heavy atom. The molecule has 29 heavy (non-hydrogen) atoms. The highest BCUT2D eigenvalue weighted by Gasteiger charge is 2.23. The molecule has 0 unspecified atom stereocenters. The highest BCUT2D eigenvalue weighted by molar-refractivity contribution is 5.76. The van der Waals surface area contributed by atoms with E-state index in [1.165, 1.54) is 24.3 Å². The van der Waals surface area contributed by atoms with Gasteiger partial charge in [-0.25, -0.2) is 8.78 Å². The van der Waals surface area contributed by atoms with E-state index in [4.69, 9.17) is 0 Å². The molecule has 0 saturated carbocycles. The van der Waals surface area contributed by atoms with Gasteiger partial charge in [0.05, 0.1) is 0 Å². The van der Waals surface area contributed by atoms with Crippen molar-refractivity contribution in [3.05, 3.63) is 70.3 Å². The van der Waals surface area contributed by atoms with Gasteiger partial charge < -0.3 is 9.80 Å². The number of amides is 1. The van der Waals surface area contributed by atoms with Gasteiger partial charge in [-0.3, -0.25) is 4.79 Å². The summed E-state index contributed by atoms with van der Waals surface area (Å²) in [5.41, 5.74) is 3.53. The summed E-state index contributed by atoms with van der Waals surface area (Å²) in [6.45, 7) is 6.61. The molecule has 1 heterocycles. The van der Waals surface area contributed by atoms with Gasteiger partial charge in [-0.05, 0) is 99.3 Å². The summed E-state index contributed by atoms with van der Waals surface area (Å²) < 4.78 is 27.0. The fraction of sp³-hybridized carbons (Fsp3) is 0.458. The van der Waals surface area contributed by atoms with Gasteiger partial charge in [0.1, 0.15) is 11.6 Å². The molecule has 0 aliphatic carbocycles. The molecule has 1 aliphatic rings. The van der Waals surface area contributed by atoms with Gasteiger partial charge >= 0.3 is 0 Å². The average molecular weight is 401 g/mol. The Morgan fingerprint density at radius 2 is 1.45 bits per heavy atom. The topological polar surface area (TPSA) is 23.6 Å². The maximum Gasteiger partial charge on any atom is 0.223 e. The van der Waals surface area contributed by atoms with E-state index in [0.717, 1.165) is 48.2 Å². The molecule has 2 aromatic rings. The molecule has 0 atom stereocenters. The molecule has 1 aliphatic heterocycles. The van der Waals surface area contributed by atoms with Crippen LogP contribution in [0.1, 0.15) is 41.5 Å². The van der Waals surface area contributed by atoms with Gasteiger partial charge in [0.25, 0.3) is 0 Å². The lowest BCUT2D eigenvalue weighted by Gasteiger charge is -2.31. The number of rotatable bonds is 6. The number of hydrogen-bond acceptors (Lipinski definition) is 2. The number of likely N-dealkylation sites (tertiary alicyclic amines) is 1. The van der Waals surface area contributed by atoms with Crippen LogP contribution >= 0.6 is 0 Å². The molecular formula is C24H30F2N2O. The maximum absolute atomic E-state index is 13.5. The van der Waals surface area contributed by atoms with Crippen LogP contribution in [0.15, 0.2) is 36.4 Å². The standard InChI is InChI=1S/C24H30F2N2O/c1-17-12-22(25)6-4-20(17)15-28(16-21-5-7-23(26)13-18(21)2)24(29)14-19-8-10-27(3)11-9-19/h4-7,12-13,19H,8-11,14-16H2,1-3H3. The minimum atomic E-state index is -0.273. The average Bonchev–Trinajstić information content (AvgIpc) is 2.66. The van der Waals surface area contributed by atoms with Crippen molar-refractivity contribution in [3.8, 4) is 0 Å². The summed E-state index contributed by atoms with van der Waals surface area (Å²) in [4.78, 5) is 17.3. The Bertz CT molecular complexity index is 806. The van der Waals surface area contributed by atoms with Crippen LogP contribution in [0.3, 0.4) is 0 Å². The van der Waals surface area contributed by atoms with Crippen molar-refractivity contribution >= 4 is 5.91 Å². The summed E-state index contributed by atoms with van der Waals surface area (Å²) in [6.07, 6.45) is 2.58. The van der Waals surface area contributed by atoms with E-state index in [9.17, 15) is 13.6 Å². The zero-order chi connectivity index (χ0) is 21.0. The quantitative estimate of drug-likeness (QED) is 0.693. The number of carbonyl (C=O) groups is 1. The number of benzene rings is 2. The highest BCUT2D eigenvalue weighted by Crippen LogP contribution is 2.23. The third-order valence-electron chi connectivity index (χ3n) is 5.99. The maximum atomic E-state index is 13.5. The molecule has 0 N–H and O–H groups in total. The first-order chi connectivity index (χ1) is 13.8. The largest absolute Gasteiger partial charge is 0.334 e. The van der Waals surface area contributed by atoms with Crippen molar-refractivity contribution in [3.63, 3.8) is 0 Å². The Morgan fingerprint density at radius 1 is 0.966 bits per heavy atom. The first kappa shape index (κ1) is 21.4. The predicted octanol–water partition coefficient (Wildman–Crippen LogP) is 4.84. The lowest BCUT2D eigenvalue weighted by atomic mass is 9.93. The van der Waals surface area contributed by atoms with Crippen molar-refractivity contribution in [2.24, 2.45) is 5.92 Å². The number of hydrogen-bond donors (Lipinski definition) is 0. The van der Waals surface area contributed by atoms with E-state index in [2.05, 4.69) is 11.9 Å². The van der Waals surface area contributed by atoms with Crippen LogP contribution in [0.4, 0.5) is 8.78 Å². The Hall–Kier alpha value is -2.27. The second-order valence-electron chi connectivity index (χ2n) is 8.34. The van der Waals surface area contributed by atoms with Crippen molar-refractivity contribution in [2.45, 2.75) is 46.2 Å². The molecule has 1 fully saturated rings. The summed E-state index contributed by atoms with van der Waals surface area (Å²) in [6, 6.07) is 9.36. The molecule has 0 aromatic heterocycles.